The Balaban J connectivity index is 2.63. The molecule has 0 aromatic heterocycles. The van der Waals surface area contributed by atoms with E-state index in [0.29, 0.717) is 5.56 Å². The molecule has 1 amide bonds. The largest absolute Gasteiger partial charge is 0.388 e. The van der Waals surface area contributed by atoms with Crippen molar-refractivity contribution in [3.63, 3.8) is 0 Å². The summed E-state index contributed by atoms with van der Waals surface area (Å²) in [6, 6.07) is 8.74. The molecule has 1 atom stereocenters. The fourth-order valence-electron chi connectivity index (χ4n) is 1.05. The summed E-state index contributed by atoms with van der Waals surface area (Å²) in [4.78, 5) is 13.2. The summed E-state index contributed by atoms with van der Waals surface area (Å²) in [6.45, 7) is 0. The average molecular weight is 191 g/mol. The molecule has 72 valence electrons. The van der Waals surface area contributed by atoms with E-state index in [1.165, 1.54) is 0 Å². The first kappa shape index (κ1) is 10.2. The SMILES string of the molecule is [N-]=[N+]=NC(=O)CC(O)c1ccccc1. The molecule has 0 heterocycles. The van der Waals surface area contributed by atoms with E-state index >= 15 is 0 Å². The van der Waals surface area contributed by atoms with Crippen molar-refractivity contribution in [2.24, 2.45) is 5.11 Å². The van der Waals surface area contributed by atoms with E-state index < -0.39 is 12.0 Å². The van der Waals surface area contributed by atoms with Crippen molar-refractivity contribution in [3.05, 3.63) is 46.3 Å². The standard InChI is InChI=1S/C9H9N3O2/c10-12-11-9(14)6-8(13)7-4-2-1-3-5-7/h1-5,8,13H,6H2. The Bertz CT molecular complexity index is 358. The van der Waals surface area contributed by atoms with E-state index in [1.54, 1.807) is 24.3 Å². The molecule has 0 spiro atoms. The summed E-state index contributed by atoms with van der Waals surface area (Å²) in [5.41, 5.74) is 8.61. The quantitative estimate of drug-likeness (QED) is 0.449. The Morgan fingerprint density at radius 3 is 2.71 bits per heavy atom. The van der Waals surface area contributed by atoms with E-state index in [-0.39, 0.29) is 6.42 Å². The molecular formula is C9H9N3O2. The Morgan fingerprint density at radius 2 is 2.14 bits per heavy atom. The molecule has 0 aliphatic heterocycles. The molecule has 1 aromatic rings. The molecule has 0 saturated heterocycles. The molecule has 1 N–H and O–H groups in total. The highest BCUT2D eigenvalue weighted by Gasteiger charge is 2.10. The zero-order valence-electron chi connectivity index (χ0n) is 7.37. The second-order valence-corrected chi connectivity index (χ2v) is 2.71. The van der Waals surface area contributed by atoms with Crippen LogP contribution < -0.4 is 0 Å². The highest BCUT2D eigenvalue weighted by atomic mass is 16.3. The van der Waals surface area contributed by atoms with Gasteiger partial charge in [-0.2, -0.15) is 0 Å². The minimum absolute atomic E-state index is 0.186. The maximum Gasteiger partial charge on any atom is 0.221 e. The number of carbonyl (C=O) groups excluding carboxylic acids is 1. The highest BCUT2D eigenvalue weighted by Crippen LogP contribution is 2.16. The maximum atomic E-state index is 10.8. The van der Waals surface area contributed by atoms with Crippen LogP contribution in [0.2, 0.25) is 0 Å². The Morgan fingerprint density at radius 1 is 1.50 bits per heavy atom. The van der Waals surface area contributed by atoms with Crippen LogP contribution in [0.25, 0.3) is 10.4 Å². The summed E-state index contributed by atoms with van der Waals surface area (Å²) in [7, 11) is 0. The van der Waals surface area contributed by atoms with Gasteiger partial charge in [-0.1, -0.05) is 30.3 Å². The van der Waals surface area contributed by atoms with Crippen LogP contribution in [-0.2, 0) is 4.79 Å². The molecule has 0 saturated carbocycles. The van der Waals surface area contributed by atoms with Crippen LogP contribution in [0.1, 0.15) is 18.1 Å². The highest BCUT2D eigenvalue weighted by molar-refractivity contribution is 5.77. The lowest BCUT2D eigenvalue weighted by molar-refractivity contribution is -0.119. The fourth-order valence-corrected chi connectivity index (χ4v) is 1.05. The molecule has 1 rings (SSSR count). The minimum atomic E-state index is -0.908. The van der Waals surface area contributed by atoms with Crippen molar-refractivity contribution in [2.45, 2.75) is 12.5 Å². The maximum absolute atomic E-state index is 10.8. The first-order chi connectivity index (χ1) is 6.74. The van der Waals surface area contributed by atoms with Crippen LogP contribution in [0, 0.1) is 0 Å². The number of azide groups is 1. The normalized spacial score (nSPS) is 11.5. The number of aliphatic hydroxyl groups excluding tert-OH is 1. The van der Waals surface area contributed by atoms with Gasteiger partial charge in [-0.15, -0.1) is 0 Å². The molecule has 0 bridgehead atoms. The van der Waals surface area contributed by atoms with Gasteiger partial charge in [-0.25, -0.2) is 0 Å². The van der Waals surface area contributed by atoms with Crippen LogP contribution in [0.4, 0.5) is 0 Å². The third-order valence-corrected chi connectivity index (χ3v) is 1.71. The van der Waals surface area contributed by atoms with Gasteiger partial charge in [0.15, 0.2) is 0 Å². The van der Waals surface area contributed by atoms with E-state index in [0.717, 1.165) is 0 Å². The molecule has 1 unspecified atom stereocenters. The summed E-state index contributed by atoms with van der Waals surface area (Å²) >= 11 is 0. The predicted molar refractivity (Wildman–Crippen MR) is 50.2 cm³/mol. The Labute approximate surface area is 80.6 Å². The lowest BCUT2D eigenvalue weighted by Gasteiger charge is -2.07. The second-order valence-electron chi connectivity index (χ2n) is 2.71. The summed E-state index contributed by atoms with van der Waals surface area (Å²) in [5.74, 6) is -0.663. The summed E-state index contributed by atoms with van der Waals surface area (Å²) in [5, 5.41) is 12.4. The fraction of sp³-hybridized carbons (Fsp3) is 0.222. The zero-order chi connectivity index (χ0) is 10.4. The van der Waals surface area contributed by atoms with Crippen molar-refractivity contribution in [1.82, 2.24) is 0 Å². The van der Waals surface area contributed by atoms with Gasteiger partial charge in [0.25, 0.3) is 0 Å². The Kier molecular flexibility index (Phi) is 3.67. The summed E-state index contributed by atoms with van der Waals surface area (Å²) < 4.78 is 0. The van der Waals surface area contributed by atoms with Crippen LogP contribution in [0.3, 0.4) is 0 Å². The van der Waals surface area contributed by atoms with Crippen LogP contribution in [-0.4, -0.2) is 11.0 Å². The summed E-state index contributed by atoms with van der Waals surface area (Å²) in [6.07, 6.45) is -1.09. The van der Waals surface area contributed by atoms with Crippen molar-refractivity contribution in [1.29, 1.82) is 0 Å². The molecular weight excluding hydrogens is 182 g/mol. The van der Waals surface area contributed by atoms with Crippen LogP contribution in [0.5, 0.6) is 0 Å². The van der Waals surface area contributed by atoms with Crippen molar-refractivity contribution in [2.75, 3.05) is 0 Å². The van der Waals surface area contributed by atoms with E-state index in [1.807, 2.05) is 6.07 Å². The number of aliphatic hydroxyl groups is 1. The number of amides is 1. The zero-order valence-corrected chi connectivity index (χ0v) is 7.37. The molecule has 0 fully saturated rings. The van der Waals surface area contributed by atoms with Gasteiger partial charge in [0, 0.05) is 11.3 Å². The second kappa shape index (κ2) is 5.01. The van der Waals surface area contributed by atoms with Gasteiger partial charge >= 0.3 is 0 Å². The minimum Gasteiger partial charge on any atom is -0.388 e. The topological polar surface area (TPSA) is 86.1 Å². The number of hydrogen-bond donors (Lipinski definition) is 1. The van der Waals surface area contributed by atoms with Crippen molar-refractivity contribution in [3.8, 4) is 0 Å². The van der Waals surface area contributed by atoms with Gasteiger partial charge < -0.3 is 5.11 Å². The first-order valence-electron chi connectivity index (χ1n) is 4.05. The van der Waals surface area contributed by atoms with Gasteiger partial charge in [-0.3, -0.25) is 4.79 Å². The van der Waals surface area contributed by atoms with Crippen molar-refractivity contribution < 1.29 is 9.90 Å². The van der Waals surface area contributed by atoms with Gasteiger partial charge in [0.2, 0.25) is 5.91 Å². The number of hydrogen-bond acceptors (Lipinski definition) is 2. The van der Waals surface area contributed by atoms with Crippen LogP contribution >= 0.6 is 0 Å². The number of benzene rings is 1. The first-order valence-corrected chi connectivity index (χ1v) is 4.05. The average Bonchev–Trinajstić information content (AvgIpc) is 2.19. The predicted octanol–water partition coefficient (Wildman–Crippen LogP) is 1.95. The monoisotopic (exact) mass is 191 g/mol. The molecule has 14 heavy (non-hydrogen) atoms. The van der Waals surface area contributed by atoms with Gasteiger partial charge in [0.05, 0.1) is 6.10 Å². The van der Waals surface area contributed by atoms with E-state index in [4.69, 9.17) is 5.53 Å². The molecule has 5 heteroatoms. The molecule has 1 aromatic carbocycles. The number of carbonyl (C=O) groups is 1. The number of rotatable bonds is 3. The van der Waals surface area contributed by atoms with Gasteiger partial charge in [-0.05, 0) is 16.2 Å². The third kappa shape index (κ3) is 2.90. The van der Waals surface area contributed by atoms with E-state index in [2.05, 4.69) is 10.0 Å². The Hall–Kier alpha value is -1.84. The molecule has 5 nitrogen and oxygen atoms in total. The van der Waals surface area contributed by atoms with E-state index in [9.17, 15) is 9.90 Å². The molecule has 0 aliphatic carbocycles. The van der Waals surface area contributed by atoms with Crippen LogP contribution in [0.15, 0.2) is 35.4 Å². The molecule has 0 radical (unpaired) electrons. The lowest BCUT2D eigenvalue weighted by atomic mass is 10.1. The smallest absolute Gasteiger partial charge is 0.221 e. The van der Waals surface area contributed by atoms with Crippen molar-refractivity contribution >= 4 is 5.91 Å². The molecule has 0 aliphatic rings. The third-order valence-electron chi connectivity index (χ3n) is 1.71. The number of nitrogens with zero attached hydrogens (tertiary/aromatic N) is 3. The van der Waals surface area contributed by atoms with Gasteiger partial charge in [0.1, 0.15) is 0 Å². The lowest BCUT2D eigenvalue weighted by Crippen LogP contribution is -2.03.